The Kier molecular flexibility index (Phi) is 4.96. The normalized spacial score (nSPS) is 11.6. The summed E-state index contributed by atoms with van der Waals surface area (Å²) < 4.78 is 29.8. The SMILES string of the molecule is COc1ccc(C=C(C#N)S(=O)(=O)c2ccccc2)cc1[N+](=O)[O-]. The van der Waals surface area contributed by atoms with E-state index >= 15 is 0 Å². The molecule has 122 valence electrons. The second-order valence-electron chi connectivity index (χ2n) is 4.63. The zero-order valence-corrected chi connectivity index (χ0v) is 13.4. The first-order valence-corrected chi connectivity index (χ1v) is 8.13. The molecule has 0 N–H and O–H groups in total. The standard InChI is InChI=1S/C16H12N2O5S/c1-23-16-8-7-12(10-15(16)18(19)20)9-14(11-17)24(21,22)13-5-3-2-4-6-13/h2-10H,1H3. The van der Waals surface area contributed by atoms with Crippen molar-refractivity contribution in [1.82, 2.24) is 0 Å². The Morgan fingerprint density at radius 3 is 2.46 bits per heavy atom. The third-order valence-electron chi connectivity index (χ3n) is 3.15. The van der Waals surface area contributed by atoms with Gasteiger partial charge in [-0.25, -0.2) is 8.42 Å². The lowest BCUT2D eigenvalue weighted by atomic mass is 10.2. The molecule has 0 heterocycles. The molecule has 0 aromatic heterocycles. The molecule has 0 spiro atoms. The van der Waals surface area contributed by atoms with E-state index < -0.39 is 19.7 Å². The van der Waals surface area contributed by atoms with E-state index in [-0.39, 0.29) is 21.9 Å². The lowest BCUT2D eigenvalue weighted by Crippen LogP contribution is -2.03. The first-order chi connectivity index (χ1) is 11.4. The molecular weight excluding hydrogens is 332 g/mol. The smallest absolute Gasteiger partial charge is 0.311 e. The van der Waals surface area contributed by atoms with Crippen LogP contribution in [0.4, 0.5) is 5.69 Å². The molecule has 0 radical (unpaired) electrons. The van der Waals surface area contributed by atoms with Crippen LogP contribution in [-0.4, -0.2) is 20.5 Å². The summed E-state index contributed by atoms with van der Waals surface area (Å²) in [5.41, 5.74) is -0.112. The van der Waals surface area contributed by atoms with Crippen molar-refractivity contribution in [2.24, 2.45) is 0 Å². The Morgan fingerprint density at radius 2 is 1.92 bits per heavy atom. The Balaban J connectivity index is 2.55. The van der Waals surface area contributed by atoms with Crippen LogP contribution in [0.2, 0.25) is 0 Å². The summed E-state index contributed by atoms with van der Waals surface area (Å²) >= 11 is 0. The van der Waals surface area contributed by atoms with E-state index in [2.05, 4.69) is 0 Å². The number of hydrogen-bond donors (Lipinski definition) is 0. The van der Waals surface area contributed by atoms with Gasteiger partial charge in [0.15, 0.2) is 5.75 Å². The van der Waals surface area contributed by atoms with E-state index in [0.29, 0.717) is 0 Å². The lowest BCUT2D eigenvalue weighted by molar-refractivity contribution is -0.385. The molecule has 2 aromatic rings. The molecule has 0 bridgehead atoms. The minimum absolute atomic E-state index is 0.0270. The van der Waals surface area contributed by atoms with E-state index in [1.54, 1.807) is 24.3 Å². The molecule has 0 amide bonds. The quantitative estimate of drug-likeness (QED) is 0.468. The summed E-state index contributed by atoms with van der Waals surface area (Å²) in [7, 11) is -2.71. The average molecular weight is 344 g/mol. The van der Waals surface area contributed by atoms with E-state index in [0.717, 1.165) is 12.1 Å². The van der Waals surface area contributed by atoms with Gasteiger partial charge in [0.25, 0.3) is 0 Å². The molecule has 7 nitrogen and oxygen atoms in total. The third kappa shape index (κ3) is 3.42. The molecular formula is C16H12N2O5S. The molecule has 0 aliphatic heterocycles. The second kappa shape index (κ2) is 6.93. The van der Waals surface area contributed by atoms with Crippen molar-refractivity contribution < 1.29 is 18.1 Å². The highest BCUT2D eigenvalue weighted by Crippen LogP contribution is 2.29. The molecule has 2 aromatic carbocycles. The molecule has 24 heavy (non-hydrogen) atoms. The number of benzene rings is 2. The van der Waals surface area contributed by atoms with Crippen molar-refractivity contribution >= 4 is 21.6 Å². The molecule has 0 aliphatic carbocycles. The first kappa shape index (κ1) is 17.2. The van der Waals surface area contributed by atoms with Gasteiger partial charge >= 0.3 is 5.69 Å². The topological polar surface area (TPSA) is 110 Å². The number of nitriles is 1. The number of rotatable bonds is 5. The van der Waals surface area contributed by atoms with Gasteiger partial charge in [0, 0.05) is 6.07 Å². The summed E-state index contributed by atoms with van der Waals surface area (Å²) in [6, 6.07) is 13.0. The van der Waals surface area contributed by atoms with Crippen LogP contribution in [-0.2, 0) is 9.84 Å². The predicted molar refractivity (Wildman–Crippen MR) is 86.9 cm³/mol. The molecule has 2 rings (SSSR count). The van der Waals surface area contributed by atoms with E-state index in [9.17, 15) is 23.8 Å². The Hall–Kier alpha value is -3.18. The van der Waals surface area contributed by atoms with Gasteiger partial charge < -0.3 is 4.74 Å². The molecule has 0 atom stereocenters. The van der Waals surface area contributed by atoms with Gasteiger partial charge in [0.05, 0.1) is 16.9 Å². The summed E-state index contributed by atoms with van der Waals surface area (Å²) in [5, 5.41) is 20.2. The minimum atomic E-state index is -4.00. The van der Waals surface area contributed by atoms with Crippen molar-refractivity contribution in [3.63, 3.8) is 0 Å². The average Bonchev–Trinajstić information content (AvgIpc) is 2.60. The van der Waals surface area contributed by atoms with E-state index in [4.69, 9.17) is 4.74 Å². The summed E-state index contributed by atoms with van der Waals surface area (Å²) in [4.78, 5) is 9.85. The third-order valence-corrected chi connectivity index (χ3v) is 4.83. The van der Waals surface area contributed by atoms with Crippen LogP contribution in [0.15, 0.2) is 58.3 Å². The van der Waals surface area contributed by atoms with Crippen LogP contribution >= 0.6 is 0 Å². The van der Waals surface area contributed by atoms with Gasteiger partial charge in [0.1, 0.15) is 11.0 Å². The number of sulfone groups is 1. The van der Waals surface area contributed by atoms with Crippen LogP contribution in [0.5, 0.6) is 5.75 Å². The fourth-order valence-corrected chi connectivity index (χ4v) is 3.17. The molecule has 0 unspecified atom stereocenters. The number of nitro benzene ring substituents is 1. The maximum atomic E-state index is 12.5. The second-order valence-corrected chi connectivity index (χ2v) is 6.54. The highest BCUT2D eigenvalue weighted by atomic mass is 32.2. The minimum Gasteiger partial charge on any atom is -0.490 e. The Morgan fingerprint density at radius 1 is 1.25 bits per heavy atom. The largest absolute Gasteiger partial charge is 0.490 e. The molecule has 8 heteroatoms. The van der Waals surface area contributed by atoms with Crippen molar-refractivity contribution in [1.29, 1.82) is 5.26 Å². The fraction of sp³-hybridized carbons (Fsp3) is 0.0625. The lowest BCUT2D eigenvalue weighted by Gasteiger charge is -2.04. The number of nitrogens with zero attached hydrogens (tertiary/aromatic N) is 2. The monoisotopic (exact) mass is 344 g/mol. The van der Waals surface area contributed by atoms with E-state index in [1.165, 1.54) is 31.4 Å². The highest BCUT2D eigenvalue weighted by Gasteiger charge is 2.21. The maximum absolute atomic E-state index is 12.5. The van der Waals surface area contributed by atoms with Crippen molar-refractivity contribution in [2.75, 3.05) is 7.11 Å². The van der Waals surface area contributed by atoms with Crippen molar-refractivity contribution in [3.8, 4) is 11.8 Å². The van der Waals surface area contributed by atoms with Gasteiger partial charge in [-0.05, 0) is 29.8 Å². The Bertz CT molecular complexity index is 944. The number of ether oxygens (including phenoxy) is 1. The van der Waals surface area contributed by atoms with Crippen LogP contribution in [0.25, 0.3) is 6.08 Å². The van der Waals surface area contributed by atoms with Gasteiger partial charge in [-0.15, -0.1) is 0 Å². The predicted octanol–water partition coefficient (Wildman–Crippen LogP) is 2.94. The summed E-state index contributed by atoms with van der Waals surface area (Å²) in [6.07, 6.45) is 1.09. The molecule has 0 saturated heterocycles. The number of nitro groups is 1. The number of hydrogen-bond acceptors (Lipinski definition) is 6. The Labute approximate surface area is 138 Å². The number of allylic oxidation sites excluding steroid dienone is 1. The van der Waals surface area contributed by atoms with Crippen molar-refractivity contribution in [3.05, 3.63) is 69.1 Å². The van der Waals surface area contributed by atoms with E-state index in [1.807, 2.05) is 0 Å². The highest BCUT2D eigenvalue weighted by molar-refractivity contribution is 7.95. The first-order valence-electron chi connectivity index (χ1n) is 6.64. The van der Waals surface area contributed by atoms with Crippen LogP contribution < -0.4 is 4.74 Å². The number of methoxy groups -OCH3 is 1. The fourth-order valence-electron chi connectivity index (χ4n) is 1.99. The summed E-state index contributed by atoms with van der Waals surface area (Å²) in [5.74, 6) is 0.0431. The molecule has 0 fully saturated rings. The maximum Gasteiger partial charge on any atom is 0.311 e. The molecule has 0 saturated carbocycles. The van der Waals surface area contributed by atoms with Gasteiger partial charge in [0.2, 0.25) is 9.84 Å². The zero-order valence-electron chi connectivity index (χ0n) is 12.5. The summed E-state index contributed by atoms with van der Waals surface area (Å²) in [6.45, 7) is 0. The van der Waals surface area contributed by atoms with Crippen LogP contribution in [0, 0.1) is 21.4 Å². The van der Waals surface area contributed by atoms with Crippen LogP contribution in [0.3, 0.4) is 0 Å². The van der Waals surface area contributed by atoms with Gasteiger partial charge in [-0.1, -0.05) is 24.3 Å². The molecule has 0 aliphatic rings. The van der Waals surface area contributed by atoms with Crippen molar-refractivity contribution in [2.45, 2.75) is 4.90 Å². The van der Waals surface area contributed by atoms with Crippen LogP contribution in [0.1, 0.15) is 5.56 Å². The van der Waals surface area contributed by atoms with Gasteiger partial charge in [-0.2, -0.15) is 5.26 Å². The zero-order chi connectivity index (χ0) is 17.7. The van der Waals surface area contributed by atoms with Gasteiger partial charge in [-0.3, -0.25) is 10.1 Å².